The zero-order valence-corrected chi connectivity index (χ0v) is 14.4. The first-order valence-electron chi connectivity index (χ1n) is 8.37. The average Bonchev–Trinajstić information content (AvgIpc) is 3.11. The fourth-order valence-electron chi connectivity index (χ4n) is 3.03. The van der Waals surface area contributed by atoms with Crippen molar-refractivity contribution < 1.29 is 9.84 Å². The van der Waals surface area contributed by atoms with Gasteiger partial charge in [-0.1, -0.05) is 30.3 Å². The molecular formula is C21H19N3O2. The number of methoxy groups -OCH3 is 1. The van der Waals surface area contributed by atoms with Gasteiger partial charge in [0.1, 0.15) is 6.33 Å². The van der Waals surface area contributed by atoms with Crippen molar-refractivity contribution in [2.75, 3.05) is 12.4 Å². The van der Waals surface area contributed by atoms with Crippen LogP contribution in [-0.2, 0) is 6.54 Å². The average molecular weight is 345 g/mol. The summed E-state index contributed by atoms with van der Waals surface area (Å²) in [5, 5.41) is 13.1. The van der Waals surface area contributed by atoms with Gasteiger partial charge in [-0.15, -0.1) is 0 Å². The van der Waals surface area contributed by atoms with E-state index in [1.807, 2.05) is 42.7 Å². The lowest BCUT2D eigenvalue weighted by Crippen LogP contribution is -2.04. The van der Waals surface area contributed by atoms with Crippen molar-refractivity contribution in [2.24, 2.45) is 0 Å². The van der Waals surface area contributed by atoms with E-state index in [1.165, 1.54) is 7.11 Å². The van der Waals surface area contributed by atoms with E-state index < -0.39 is 0 Å². The highest BCUT2D eigenvalue weighted by Gasteiger charge is 2.09. The minimum atomic E-state index is 0.128. The second-order valence-electron chi connectivity index (χ2n) is 5.97. The molecule has 0 saturated heterocycles. The number of hydrogen-bond acceptors (Lipinski definition) is 4. The summed E-state index contributed by atoms with van der Waals surface area (Å²) in [6.07, 6.45) is 1.85. The van der Waals surface area contributed by atoms with Gasteiger partial charge in [0, 0.05) is 18.3 Å². The van der Waals surface area contributed by atoms with Crippen molar-refractivity contribution in [1.29, 1.82) is 0 Å². The van der Waals surface area contributed by atoms with Gasteiger partial charge < -0.3 is 15.2 Å². The predicted molar refractivity (Wildman–Crippen MR) is 103 cm³/mol. The molecule has 0 unspecified atom stereocenters. The summed E-state index contributed by atoms with van der Waals surface area (Å²) in [5.41, 5.74) is 5.15. The van der Waals surface area contributed by atoms with E-state index in [0.29, 0.717) is 12.3 Å². The highest BCUT2D eigenvalue weighted by molar-refractivity contribution is 5.77. The zero-order chi connectivity index (χ0) is 17.9. The fraction of sp³-hybridized carbons (Fsp3) is 0.0952. The number of phenols is 1. The predicted octanol–water partition coefficient (Wildman–Crippen LogP) is 4.35. The topological polar surface area (TPSA) is 59.3 Å². The molecule has 0 spiro atoms. The molecule has 5 heteroatoms. The van der Waals surface area contributed by atoms with Gasteiger partial charge in [-0.2, -0.15) is 0 Å². The zero-order valence-electron chi connectivity index (χ0n) is 14.4. The molecular weight excluding hydrogens is 326 g/mol. The third kappa shape index (κ3) is 2.95. The number of rotatable bonds is 5. The smallest absolute Gasteiger partial charge is 0.162 e. The van der Waals surface area contributed by atoms with E-state index in [1.54, 1.807) is 12.1 Å². The number of benzene rings is 3. The van der Waals surface area contributed by atoms with E-state index in [0.717, 1.165) is 28.0 Å². The first-order chi connectivity index (χ1) is 12.8. The molecule has 4 aromatic rings. The van der Waals surface area contributed by atoms with Gasteiger partial charge in [0.25, 0.3) is 0 Å². The number of anilines is 1. The van der Waals surface area contributed by atoms with E-state index in [-0.39, 0.29) is 5.75 Å². The number of aromatic nitrogens is 2. The van der Waals surface area contributed by atoms with E-state index in [4.69, 9.17) is 4.74 Å². The number of para-hydroxylation sites is 3. The molecule has 1 aromatic heterocycles. The number of nitrogens with one attached hydrogen (secondary N) is 1. The second-order valence-corrected chi connectivity index (χ2v) is 5.97. The van der Waals surface area contributed by atoms with Crippen LogP contribution < -0.4 is 10.1 Å². The van der Waals surface area contributed by atoms with Crippen LogP contribution in [0.15, 0.2) is 73.1 Å². The summed E-state index contributed by atoms with van der Waals surface area (Å²) in [7, 11) is 1.54. The first kappa shape index (κ1) is 16.0. The SMILES string of the molecule is COc1cc(NCc2ccccc2-n2cnc3ccccc32)ccc1O. The molecule has 4 rings (SSSR count). The Kier molecular flexibility index (Phi) is 4.19. The van der Waals surface area contributed by atoms with Crippen molar-refractivity contribution in [3.05, 3.63) is 78.6 Å². The standard InChI is InChI=1S/C21H19N3O2/c1-26-21-12-16(10-11-20(21)25)22-13-15-6-2-4-8-18(15)24-14-23-17-7-3-5-9-19(17)24/h2-12,14,22,25H,13H2,1H3. The summed E-state index contributed by atoms with van der Waals surface area (Å²) >= 11 is 0. The van der Waals surface area contributed by atoms with Crippen LogP contribution in [0.3, 0.4) is 0 Å². The van der Waals surface area contributed by atoms with Gasteiger partial charge in [0.2, 0.25) is 0 Å². The van der Waals surface area contributed by atoms with Crippen molar-refractivity contribution in [3.63, 3.8) is 0 Å². The minimum absolute atomic E-state index is 0.128. The van der Waals surface area contributed by atoms with E-state index in [9.17, 15) is 5.11 Å². The van der Waals surface area contributed by atoms with E-state index >= 15 is 0 Å². The number of ether oxygens (including phenoxy) is 1. The Morgan fingerprint density at radius 2 is 1.85 bits per heavy atom. The molecule has 3 aromatic carbocycles. The summed E-state index contributed by atoms with van der Waals surface area (Å²) in [4.78, 5) is 4.49. The molecule has 0 aliphatic heterocycles. The number of nitrogens with zero attached hydrogens (tertiary/aromatic N) is 2. The molecule has 1 heterocycles. The maximum atomic E-state index is 9.73. The lowest BCUT2D eigenvalue weighted by atomic mass is 10.1. The maximum absolute atomic E-state index is 9.73. The van der Waals surface area contributed by atoms with Gasteiger partial charge in [-0.25, -0.2) is 4.98 Å². The minimum Gasteiger partial charge on any atom is -0.504 e. The highest BCUT2D eigenvalue weighted by Crippen LogP contribution is 2.29. The van der Waals surface area contributed by atoms with Crippen LogP contribution in [0.5, 0.6) is 11.5 Å². The van der Waals surface area contributed by atoms with Gasteiger partial charge >= 0.3 is 0 Å². The van der Waals surface area contributed by atoms with Crippen LogP contribution in [0.2, 0.25) is 0 Å². The summed E-state index contributed by atoms with van der Waals surface area (Å²) < 4.78 is 7.27. The quantitative estimate of drug-likeness (QED) is 0.528. The summed E-state index contributed by atoms with van der Waals surface area (Å²) in [6, 6.07) is 21.5. The third-order valence-electron chi connectivity index (χ3n) is 4.37. The second kappa shape index (κ2) is 6.80. The molecule has 5 nitrogen and oxygen atoms in total. The third-order valence-corrected chi connectivity index (χ3v) is 4.37. The Labute approximate surface area is 151 Å². The van der Waals surface area contributed by atoms with Crippen LogP contribution in [-0.4, -0.2) is 21.8 Å². The number of aromatic hydroxyl groups is 1. The normalized spacial score (nSPS) is 10.8. The van der Waals surface area contributed by atoms with Crippen LogP contribution in [0.4, 0.5) is 5.69 Å². The van der Waals surface area contributed by atoms with Crippen LogP contribution in [0.25, 0.3) is 16.7 Å². The van der Waals surface area contributed by atoms with Crippen LogP contribution >= 0.6 is 0 Å². The van der Waals surface area contributed by atoms with Crippen LogP contribution in [0, 0.1) is 0 Å². The molecule has 0 atom stereocenters. The molecule has 0 bridgehead atoms. The Hall–Kier alpha value is -3.47. The number of imidazole rings is 1. The molecule has 0 aliphatic rings. The number of hydrogen-bond donors (Lipinski definition) is 2. The van der Waals surface area contributed by atoms with Gasteiger partial charge in [-0.3, -0.25) is 4.57 Å². The molecule has 0 saturated carbocycles. The largest absolute Gasteiger partial charge is 0.504 e. The monoisotopic (exact) mass is 345 g/mol. The van der Waals surface area contributed by atoms with Gasteiger partial charge in [-0.05, 0) is 35.9 Å². The Morgan fingerprint density at radius 3 is 2.73 bits per heavy atom. The van der Waals surface area contributed by atoms with Crippen molar-refractivity contribution in [2.45, 2.75) is 6.54 Å². The molecule has 0 fully saturated rings. The molecule has 0 aliphatic carbocycles. The molecule has 26 heavy (non-hydrogen) atoms. The fourth-order valence-corrected chi connectivity index (χ4v) is 3.03. The lowest BCUT2D eigenvalue weighted by Gasteiger charge is -2.14. The number of fused-ring (bicyclic) bond motifs is 1. The van der Waals surface area contributed by atoms with Crippen molar-refractivity contribution >= 4 is 16.7 Å². The summed E-state index contributed by atoms with van der Waals surface area (Å²) in [5.74, 6) is 0.576. The Balaban J connectivity index is 1.64. The Morgan fingerprint density at radius 1 is 1.04 bits per heavy atom. The Bertz CT molecular complexity index is 1060. The van der Waals surface area contributed by atoms with Crippen LogP contribution in [0.1, 0.15) is 5.56 Å². The molecule has 0 amide bonds. The lowest BCUT2D eigenvalue weighted by molar-refractivity contribution is 0.373. The van der Waals surface area contributed by atoms with Crippen molar-refractivity contribution in [3.8, 4) is 17.2 Å². The van der Waals surface area contributed by atoms with Gasteiger partial charge in [0.15, 0.2) is 11.5 Å². The molecule has 2 N–H and O–H groups in total. The first-order valence-corrected chi connectivity index (χ1v) is 8.37. The highest BCUT2D eigenvalue weighted by atomic mass is 16.5. The number of phenolic OH excluding ortho intramolecular Hbond substituents is 1. The van der Waals surface area contributed by atoms with E-state index in [2.05, 4.69) is 33.1 Å². The summed E-state index contributed by atoms with van der Waals surface area (Å²) in [6.45, 7) is 0.636. The molecule has 130 valence electrons. The van der Waals surface area contributed by atoms with Gasteiger partial charge in [0.05, 0.1) is 23.8 Å². The maximum Gasteiger partial charge on any atom is 0.162 e. The van der Waals surface area contributed by atoms with Crippen molar-refractivity contribution in [1.82, 2.24) is 9.55 Å². The molecule has 0 radical (unpaired) electrons.